The van der Waals surface area contributed by atoms with Gasteiger partial charge in [0.2, 0.25) is 0 Å². The molecule has 0 amide bonds. The second kappa shape index (κ2) is 7.09. The Balaban J connectivity index is 1.40. The van der Waals surface area contributed by atoms with Gasteiger partial charge in [-0.05, 0) is 37.0 Å². The summed E-state index contributed by atoms with van der Waals surface area (Å²) in [5.41, 5.74) is 2.11. The predicted octanol–water partition coefficient (Wildman–Crippen LogP) is 2.87. The van der Waals surface area contributed by atoms with Crippen LogP contribution in [0.3, 0.4) is 0 Å². The standard InChI is InChI=1S/C20H26FN5/c1-3-22-20(24-19-10-17(19)16-6-4-5-7-18(16)21)26-9-8-14(13-26)15-11-23-25(2)12-15/h4-7,11-12,14,17,19H,3,8-10,13H2,1-2H3,(H,22,24). The normalized spacial score (nSPS) is 25.6. The number of halogens is 1. The van der Waals surface area contributed by atoms with Crippen LogP contribution >= 0.6 is 0 Å². The van der Waals surface area contributed by atoms with Crippen molar-refractivity contribution in [3.63, 3.8) is 0 Å². The van der Waals surface area contributed by atoms with E-state index in [1.165, 1.54) is 5.56 Å². The summed E-state index contributed by atoms with van der Waals surface area (Å²) in [4.78, 5) is 7.02. The molecule has 0 radical (unpaired) electrons. The van der Waals surface area contributed by atoms with Gasteiger partial charge in [-0.2, -0.15) is 5.10 Å². The second-order valence-corrected chi connectivity index (χ2v) is 7.29. The van der Waals surface area contributed by atoms with Crippen molar-refractivity contribution in [2.75, 3.05) is 19.6 Å². The Morgan fingerprint density at radius 3 is 2.96 bits per heavy atom. The van der Waals surface area contributed by atoms with Crippen molar-refractivity contribution in [1.82, 2.24) is 20.0 Å². The Bertz CT molecular complexity index is 799. The highest BCUT2D eigenvalue weighted by Crippen LogP contribution is 2.42. The summed E-state index contributed by atoms with van der Waals surface area (Å²) in [5, 5.41) is 7.87. The van der Waals surface area contributed by atoms with Crippen LogP contribution in [0, 0.1) is 5.82 Å². The first kappa shape index (κ1) is 17.1. The van der Waals surface area contributed by atoms with E-state index in [0.29, 0.717) is 5.92 Å². The third kappa shape index (κ3) is 3.45. The van der Waals surface area contributed by atoms with Crippen molar-refractivity contribution in [2.45, 2.75) is 37.6 Å². The molecule has 26 heavy (non-hydrogen) atoms. The van der Waals surface area contributed by atoms with E-state index in [0.717, 1.165) is 44.0 Å². The maximum atomic E-state index is 14.0. The van der Waals surface area contributed by atoms with Gasteiger partial charge in [0.05, 0.1) is 6.20 Å². The minimum Gasteiger partial charge on any atom is -0.353 e. The lowest BCUT2D eigenvalue weighted by Crippen LogP contribution is -2.41. The van der Waals surface area contributed by atoms with Crippen molar-refractivity contribution in [2.24, 2.45) is 12.0 Å². The molecular weight excluding hydrogens is 329 g/mol. The summed E-state index contributed by atoms with van der Waals surface area (Å²) in [6.45, 7) is 4.74. The summed E-state index contributed by atoms with van der Waals surface area (Å²) in [5.74, 6) is 1.60. The van der Waals surface area contributed by atoms with E-state index in [-0.39, 0.29) is 17.8 Å². The topological polar surface area (TPSA) is 45.5 Å². The van der Waals surface area contributed by atoms with Gasteiger partial charge in [0.1, 0.15) is 5.82 Å². The minimum absolute atomic E-state index is 0.103. The van der Waals surface area contributed by atoms with Crippen LogP contribution in [0.4, 0.5) is 4.39 Å². The SMILES string of the molecule is CCN=C(NC1CC1c1ccccc1F)N1CCC(c2cnn(C)c2)C1. The van der Waals surface area contributed by atoms with Gasteiger partial charge < -0.3 is 10.2 Å². The molecule has 138 valence electrons. The van der Waals surface area contributed by atoms with Crippen molar-refractivity contribution in [1.29, 1.82) is 0 Å². The fourth-order valence-electron chi connectivity index (χ4n) is 3.90. The minimum atomic E-state index is -0.103. The number of likely N-dealkylation sites (tertiary alicyclic amines) is 1. The molecule has 2 aromatic rings. The molecule has 1 saturated carbocycles. The molecule has 2 aliphatic rings. The van der Waals surface area contributed by atoms with E-state index in [9.17, 15) is 4.39 Å². The number of rotatable bonds is 4. The molecule has 1 aliphatic carbocycles. The van der Waals surface area contributed by atoms with Gasteiger partial charge in [0.25, 0.3) is 0 Å². The maximum absolute atomic E-state index is 14.0. The molecule has 4 rings (SSSR count). The summed E-state index contributed by atoms with van der Waals surface area (Å²) >= 11 is 0. The Labute approximate surface area is 153 Å². The number of benzene rings is 1. The molecule has 0 bridgehead atoms. The van der Waals surface area contributed by atoms with Gasteiger partial charge in [-0.1, -0.05) is 18.2 Å². The molecule has 0 spiro atoms. The number of guanidine groups is 1. The Hall–Kier alpha value is -2.37. The quantitative estimate of drug-likeness (QED) is 0.678. The van der Waals surface area contributed by atoms with Crippen molar-refractivity contribution >= 4 is 5.96 Å². The molecule has 1 aliphatic heterocycles. The average molecular weight is 355 g/mol. The number of aryl methyl sites for hydroxylation is 1. The van der Waals surface area contributed by atoms with Crippen molar-refractivity contribution < 1.29 is 4.39 Å². The summed E-state index contributed by atoms with van der Waals surface area (Å²) in [6.07, 6.45) is 6.14. The summed E-state index contributed by atoms with van der Waals surface area (Å²) in [7, 11) is 1.96. The molecule has 1 N–H and O–H groups in total. The summed E-state index contributed by atoms with van der Waals surface area (Å²) < 4.78 is 15.9. The second-order valence-electron chi connectivity index (χ2n) is 7.29. The lowest BCUT2D eigenvalue weighted by Gasteiger charge is -2.22. The molecule has 2 heterocycles. The van der Waals surface area contributed by atoms with Gasteiger partial charge >= 0.3 is 0 Å². The van der Waals surface area contributed by atoms with Gasteiger partial charge in [-0.3, -0.25) is 9.67 Å². The van der Waals surface area contributed by atoms with Crippen molar-refractivity contribution in [3.8, 4) is 0 Å². The number of nitrogens with one attached hydrogen (secondary N) is 1. The Morgan fingerprint density at radius 2 is 2.23 bits per heavy atom. The zero-order chi connectivity index (χ0) is 18.1. The molecule has 1 aromatic carbocycles. The van der Waals surface area contributed by atoms with Gasteiger partial charge in [0, 0.05) is 50.8 Å². The number of nitrogens with zero attached hydrogens (tertiary/aromatic N) is 4. The van der Waals surface area contributed by atoms with Gasteiger partial charge in [-0.15, -0.1) is 0 Å². The zero-order valence-electron chi connectivity index (χ0n) is 15.4. The maximum Gasteiger partial charge on any atom is 0.194 e. The Morgan fingerprint density at radius 1 is 1.38 bits per heavy atom. The van der Waals surface area contributed by atoms with Crippen LogP contribution in [0.1, 0.15) is 42.7 Å². The predicted molar refractivity (Wildman–Crippen MR) is 101 cm³/mol. The summed E-state index contributed by atoms with van der Waals surface area (Å²) in [6, 6.07) is 7.37. The molecule has 1 saturated heterocycles. The third-order valence-electron chi connectivity index (χ3n) is 5.40. The highest BCUT2D eigenvalue weighted by Gasteiger charge is 2.41. The van der Waals surface area contributed by atoms with E-state index in [1.54, 1.807) is 12.1 Å². The van der Waals surface area contributed by atoms with E-state index < -0.39 is 0 Å². The van der Waals surface area contributed by atoms with Gasteiger partial charge in [0.15, 0.2) is 5.96 Å². The highest BCUT2D eigenvalue weighted by atomic mass is 19.1. The number of aliphatic imine (C=N–C) groups is 1. The number of hydrogen-bond acceptors (Lipinski definition) is 2. The van der Waals surface area contributed by atoms with Crippen LogP contribution in [0.25, 0.3) is 0 Å². The molecular formula is C20H26FN5. The van der Waals surface area contributed by atoms with Gasteiger partial charge in [-0.25, -0.2) is 4.39 Å². The third-order valence-corrected chi connectivity index (χ3v) is 5.40. The van der Waals surface area contributed by atoms with Crippen LogP contribution in [0.2, 0.25) is 0 Å². The van der Waals surface area contributed by atoms with Crippen molar-refractivity contribution in [3.05, 3.63) is 53.6 Å². The Kier molecular flexibility index (Phi) is 4.66. The fraction of sp³-hybridized carbons (Fsp3) is 0.500. The molecule has 2 fully saturated rings. The largest absolute Gasteiger partial charge is 0.353 e. The molecule has 3 unspecified atom stereocenters. The van der Waals surface area contributed by atoms with E-state index in [2.05, 4.69) is 33.4 Å². The molecule has 6 heteroatoms. The van der Waals surface area contributed by atoms with E-state index in [1.807, 2.05) is 30.1 Å². The number of hydrogen-bond donors (Lipinski definition) is 1. The number of aromatic nitrogens is 2. The lowest BCUT2D eigenvalue weighted by atomic mass is 10.0. The van der Waals surface area contributed by atoms with E-state index >= 15 is 0 Å². The molecule has 3 atom stereocenters. The lowest BCUT2D eigenvalue weighted by molar-refractivity contribution is 0.483. The van der Waals surface area contributed by atoms with Crippen LogP contribution in [-0.4, -0.2) is 46.3 Å². The van der Waals surface area contributed by atoms with Crippen LogP contribution in [0.15, 0.2) is 41.7 Å². The van der Waals surface area contributed by atoms with Crippen LogP contribution in [-0.2, 0) is 7.05 Å². The first-order valence-electron chi connectivity index (χ1n) is 9.44. The average Bonchev–Trinajstić information content (AvgIpc) is 3.03. The fourth-order valence-corrected chi connectivity index (χ4v) is 3.90. The van der Waals surface area contributed by atoms with Crippen LogP contribution in [0.5, 0.6) is 0 Å². The highest BCUT2D eigenvalue weighted by molar-refractivity contribution is 5.81. The first-order chi connectivity index (χ1) is 12.7. The zero-order valence-corrected chi connectivity index (χ0v) is 15.4. The van der Waals surface area contributed by atoms with E-state index in [4.69, 9.17) is 0 Å². The van der Waals surface area contributed by atoms with Crippen LogP contribution < -0.4 is 5.32 Å². The monoisotopic (exact) mass is 355 g/mol. The molecule has 5 nitrogen and oxygen atoms in total. The first-order valence-corrected chi connectivity index (χ1v) is 9.44. The smallest absolute Gasteiger partial charge is 0.194 e. The molecule has 1 aromatic heterocycles.